The topological polar surface area (TPSA) is 72.9 Å². The molecule has 1 heterocycles. The predicted octanol–water partition coefficient (Wildman–Crippen LogP) is 1.91. The Morgan fingerprint density at radius 1 is 1.41 bits per heavy atom. The minimum atomic E-state index is -0.0515. The van der Waals surface area contributed by atoms with Gasteiger partial charge in [-0.1, -0.05) is 6.92 Å². The number of nitrogens with zero attached hydrogens (tertiary/aromatic N) is 2. The van der Waals surface area contributed by atoms with Crippen molar-refractivity contribution >= 4 is 30.7 Å². The Labute approximate surface area is 145 Å². The van der Waals surface area contributed by atoms with Crippen LogP contribution in [0.3, 0.4) is 0 Å². The maximum absolute atomic E-state index is 12.3. The van der Waals surface area contributed by atoms with Crippen LogP contribution in [0.4, 0.5) is 0 Å². The number of nitrogens with two attached hydrogens (primary N) is 1. The van der Waals surface area contributed by atoms with Crippen LogP contribution >= 0.6 is 24.8 Å². The van der Waals surface area contributed by atoms with E-state index in [1.807, 2.05) is 32.5 Å². The van der Waals surface area contributed by atoms with Crippen LogP contribution in [0, 0.1) is 25.7 Å². The van der Waals surface area contributed by atoms with Gasteiger partial charge in [0.15, 0.2) is 0 Å². The summed E-state index contributed by atoms with van der Waals surface area (Å²) in [7, 11) is 1.94. The van der Waals surface area contributed by atoms with Crippen molar-refractivity contribution in [3.63, 3.8) is 0 Å². The number of hydrogen-bond acceptors (Lipinski definition) is 3. The number of aromatic nitrogens is 2. The maximum Gasteiger partial charge on any atom is 0.223 e. The number of carbonyl (C=O) groups is 1. The average Bonchev–Trinajstić information content (AvgIpc) is 3.21. The van der Waals surface area contributed by atoms with Gasteiger partial charge < -0.3 is 11.1 Å². The second-order valence-electron chi connectivity index (χ2n) is 6.07. The molecule has 1 aliphatic carbocycles. The molecule has 22 heavy (non-hydrogen) atoms. The lowest BCUT2D eigenvalue weighted by Crippen LogP contribution is -2.44. The van der Waals surface area contributed by atoms with Crippen LogP contribution in [0.5, 0.6) is 0 Å². The van der Waals surface area contributed by atoms with Gasteiger partial charge in [-0.15, -0.1) is 24.8 Å². The first-order valence-corrected chi connectivity index (χ1v) is 7.43. The summed E-state index contributed by atoms with van der Waals surface area (Å²) in [5.74, 6) is 0.650. The minimum absolute atomic E-state index is 0. The average molecular weight is 351 g/mol. The van der Waals surface area contributed by atoms with Crippen molar-refractivity contribution in [1.29, 1.82) is 0 Å². The molecule has 5 nitrogen and oxygen atoms in total. The summed E-state index contributed by atoms with van der Waals surface area (Å²) in [5.41, 5.74) is 9.08. The molecule has 1 fully saturated rings. The van der Waals surface area contributed by atoms with Crippen molar-refractivity contribution in [1.82, 2.24) is 15.1 Å². The van der Waals surface area contributed by atoms with Crippen LogP contribution < -0.4 is 11.1 Å². The predicted molar refractivity (Wildman–Crippen MR) is 93.8 cm³/mol. The highest BCUT2D eigenvalue weighted by Crippen LogP contribution is 2.32. The molecule has 1 saturated carbocycles. The van der Waals surface area contributed by atoms with Crippen LogP contribution in [0.2, 0.25) is 0 Å². The molecule has 0 radical (unpaired) electrons. The SMILES string of the molecule is Cc1nn(C)c(C)c1CC(C)C(=O)NC(CN)C1CC1.Cl.Cl. The standard InChI is InChI=1S/C15H26N4O.2ClH/c1-9(7-13-10(2)18-19(4)11(13)3)15(20)17-14(8-16)12-5-6-12;;/h9,12,14H,5-8,16H2,1-4H3,(H,17,20);2*1H. The molecule has 2 rings (SSSR count). The van der Waals surface area contributed by atoms with Crippen LogP contribution in [-0.4, -0.2) is 28.3 Å². The van der Waals surface area contributed by atoms with E-state index in [0.29, 0.717) is 12.5 Å². The van der Waals surface area contributed by atoms with Crippen molar-refractivity contribution in [2.45, 2.75) is 46.1 Å². The number of halogens is 2. The van der Waals surface area contributed by atoms with Gasteiger partial charge in [-0.05, 0) is 44.6 Å². The summed E-state index contributed by atoms with van der Waals surface area (Å²) in [6.45, 7) is 6.56. The highest BCUT2D eigenvalue weighted by atomic mass is 35.5. The molecule has 2 unspecified atom stereocenters. The summed E-state index contributed by atoms with van der Waals surface area (Å²) in [5, 5.41) is 7.51. The zero-order valence-electron chi connectivity index (χ0n) is 13.8. The molecule has 0 aromatic carbocycles. The van der Waals surface area contributed by atoms with Gasteiger partial charge in [0.1, 0.15) is 0 Å². The highest BCUT2D eigenvalue weighted by Gasteiger charge is 2.32. The largest absolute Gasteiger partial charge is 0.352 e. The van der Waals surface area contributed by atoms with E-state index in [9.17, 15) is 4.79 Å². The first kappa shape index (κ1) is 21.2. The molecular weight excluding hydrogens is 323 g/mol. The molecular formula is C15H28Cl2N4O. The molecule has 1 aromatic rings. The first-order chi connectivity index (χ1) is 9.43. The summed E-state index contributed by atoms with van der Waals surface area (Å²) in [6.07, 6.45) is 3.12. The lowest BCUT2D eigenvalue weighted by atomic mass is 9.98. The minimum Gasteiger partial charge on any atom is -0.352 e. The second kappa shape index (κ2) is 8.75. The molecule has 7 heteroatoms. The Hall–Kier alpha value is -0.780. The van der Waals surface area contributed by atoms with E-state index in [4.69, 9.17) is 5.73 Å². The highest BCUT2D eigenvalue weighted by molar-refractivity contribution is 5.85. The molecule has 1 amide bonds. The molecule has 0 spiro atoms. The third kappa shape index (κ3) is 4.86. The molecule has 1 aromatic heterocycles. The molecule has 2 atom stereocenters. The van der Waals surface area contributed by atoms with Gasteiger partial charge in [0, 0.05) is 31.2 Å². The van der Waals surface area contributed by atoms with Crippen LogP contribution in [0.25, 0.3) is 0 Å². The van der Waals surface area contributed by atoms with Crippen molar-refractivity contribution in [2.75, 3.05) is 6.54 Å². The maximum atomic E-state index is 12.3. The number of rotatable bonds is 6. The van der Waals surface area contributed by atoms with E-state index in [1.165, 1.54) is 18.4 Å². The van der Waals surface area contributed by atoms with E-state index >= 15 is 0 Å². The van der Waals surface area contributed by atoms with Crippen molar-refractivity contribution in [3.8, 4) is 0 Å². The van der Waals surface area contributed by atoms with Crippen LogP contribution in [0.15, 0.2) is 0 Å². The van der Waals surface area contributed by atoms with E-state index < -0.39 is 0 Å². The number of nitrogens with one attached hydrogen (secondary N) is 1. The lowest BCUT2D eigenvalue weighted by Gasteiger charge is -2.19. The van der Waals surface area contributed by atoms with Gasteiger partial charge in [0.05, 0.1) is 5.69 Å². The fourth-order valence-electron chi connectivity index (χ4n) is 2.70. The zero-order chi connectivity index (χ0) is 14.9. The molecule has 3 N–H and O–H groups in total. The Morgan fingerprint density at radius 2 is 2.00 bits per heavy atom. The fourth-order valence-corrected chi connectivity index (χ4v) is 2.70. The molecule has 128 valence electrons. The van der Waals surface area contributed by atoms with Gasteiger partial charge in [0.2, 0.25) is 5.91 Å². The summed E-state index contributed by atoms with van der Waals surface area (Å²) >= 11 is 0. The quantitative estimate of drug-likeness (QED) is 0.822. The fraction of sp³-hybridized carbons (Fsp3) is 0.733. The summed E-state index contributed by atoms with van der Waals surface area (Å²) in [6, 6.07) is 0.154. The van der Waals surface area contributed by atoms with Gasteiger partial charge in [-0.3, -0.25) is 9.48 Å². The Balaban J connectivity index is 0.00000220. The van der Waals surface area contributed by atoms with E-state index in [-0.39, 0.29) is 42.7 Å². The molecule has 0 aliphatic heterocycles. The van der Waals surface area contributed by atoms with Gasteiger partial charge >= 0.3 is 0 Å². The Kier molecular flexibility index (Phi) is 8.44. The van der Waals surface area contributed by atoms with Gasteiger partial charge in [-0.2, -0.15) is 5.10 Å². The van der Waals surface area contributed by atoms with E-state index in [1.54, 1.807) is 0 Å². The van der Waals surface area contributed by atoms with Crippen molar-refractivity contribution < 1.29 is 4.79 Å². The van der Waals surface area contributed by atoms with Gasteiger partial charge in [-0.25, -0.2) is 0 Å². The number of carbonyl (C=O) groups excluding carboxylic acids is 1. The zero-order valence-corrected chi connectivity index (χ0v) is 15.4. The Morgan fingerprint density at radius 3 is 2.41 bits per heavy atom. The van der Waals surface area contributed by atoms with E-state index in [2.05, 4.69) is 10.4 Å². The van der Waals surface area contributed by atoms with E-state index in [0.717, 1.165) is 17.8 Å². The smallest absolute Gasteiger partial charge is 0.223 e. The monoisotopic (exact) mass is 350 g/mol. The third-order valence-corrected chi connectivity index (χ3v) is 4.39. The van der Waals surface area contributed by atoms with Gasteiger partial charge in [0.25, 0.3) is 0 Å². The third-order valence-electron chi connectivity index (χ3n) is 4.39. The van der Waals surface area contributed by atoms with Crippen LogP contribution in [0.1, 0.15) is 36.7 Å². The normalized spacial score (nSPS) is 16.2. The number of hydrogen-bond donors (Lipinski definition) is 2. The molecule has 0 saturated heterocycles. The number of amides is 1. The Bertz CT molecular complexity index is 500. The van der Waals surface area contributed by atoms with Crippen molar-refractivity contribution in [2.24, 2.45) is 24.6 Å². The summed E-state index contributed by atoms with van der Waals surface area (Å²) < 4.78 is 1.88. The van der Waals surface area contributed by atoms with Crippen molar-refractivity contribution in [3.05, 3.63) is 17.0 Å². The number of aryl methyl sites for hydroxylation is 2. The van der Waals surface area contributed by atoms with Crippen LogP contribution in [-0.2, 0) is 18.3 Å². The second-order valence-corrected chi connectivity index (χ2v) is 6.07. The lowest BCUT2D eigenvalue weighted by molar-refractivity contribution is -0.125. The molecule has 1 aliphatic rings. The molecule has 0 bridgehead atoms. The first-order valence-electron chi connectivity index (χ1n) is 7.43. The summed E-state index contributed by atoms with van der Waals surface area (Å²) in [4.78, 5) is 12.3.